The van der Waals surface area contributed by atoms with Gasteiger partial charge in [0.05, 0.1) is 12.7 Å². The van der Waals surface area contributed by atoms with Gasteiger partial charge in [-0.25, -0.2) is 9.78 Å². The summed E-state index contributed by atoms with van der Waals surface area (Å²) in [5, 5.41) is 11.2. The molecule has 0 amide bonds. The lowest BCUT2D eigenvalue weighted by Gasteiger charge is -2.35. The number of thiazole rings is 1. The van der Waals surface area contributed by atoms with Crippen molar-refractivity contribution in [1.82, 2.24) is 4.98 Å². The first kappa shape index (κ1) is 15.5. The number of halogens is 1. The molecule has 0 radical (unpaired) electrons. The molecule has 0 bridgehead atoms. The highest BCUT2D eigenvalue weighted by Crippen LogP contribution is 2.31. The predicted octanol–water partition coefficient (Wildman–Crippen LogP) is 1.56. The molecule has 20 heavy (non-hydrogen) atoms. The number of hydrogen-bond donors (Lipinski definition) is 1. The minimum Gasteiger partial charge on any atom is -0.465 e. The van der Waals surface area contributed by atoms with Crippen molar-refractivity contribution in [3.8, 4) is 0 Å². The molecule has 1 N–H and O–H groups in total. The molecule has 0 aromatic carbocycles. The van der Waals surface area contributed by atoms with Crippen molar-refractivity contribution in [2.45, 2.75) is 18.4 Å². The molecule has 1 aliphatic heterocycles. The number of carbonyl (C=O) groups is 1. The number of methoxy groups -OCH3 is 1. The summed E-state index contributed by atoms with van der Waals surface area (Å²) in [7, 11) is 3.11. The fraction of sp³-hybridized carbons (Fsp3) is 0.667. The van der Waals surface area contributed by atoms with Crippen molar-refractivity contribution in [2.24, 2.45) is 0 Å². The number of carbonyl (C=O) groups excluding carboxylic acids is 1. The quantitative estimate of drug-likeness (QED) is 0.849. The minimum atomic E-state index is -0.795. The number of rotatable bonds is 4. The fourth-order valence-corrected chi connectivity index (χ4v) is 3.25. The number of ether oxygens (including phenoxy) is 2. The molecule has 2 rings (SSSR count). The number of aliphatic hydroxyl groups is 1. The molecule has 2 heterocycles. The van der Waals surface area contributed by atoms with Gasteiger partial charge in [0.1, 0.15) is 0 Å². The summed E-state index contributed by atoms with van der Waals surface area (Å²) >= 11 is 7.08. The summed E-state index contributed by atoms with van der Waals surface area (Å²) in [5.41, 5.74) is -0.795. The zero-order valence-corrected chi connectivity index (χ0v) is 13.0. The summed E-state index contributed by atoms with van der Waals surface area (Å²) in [6, 6.07) is 0. The van der Waals surface area contributed by atoms with Gasteiger partial charge >= 0.3 is 5.97 Å². The Kier molecular flexibility index (Phi) is 4.85. The van der Waals surface area contributed by atoms with Crippen molar-refractivity contribution < 1.29 is 19.4 Å². The van der Waals surface area contributed by atoms with E-state index in [1.165, 1.54) is 7.11 Å². The second-order valence-corrected chi connectivity index (χ2v) is 6.14. The number of esters is 1. The summed E-state index contributed by atoms with van der Waals surface area (Å²) in [6.45, 7) is 1.52. The number of nitrogens with zero attached hydrogens (tertiary/aromatic N) is 2. The highest BCUT2D eigenvalue weighted by molar-refractivity contribution is 7.18. The van der Waals surface area contributed by atoms with Crippen LogP contribution in [-0.2, 0) is 9.47 Å². The molecule has 0 spiro atoms. The van der Waals surface area contributed by atoms with E-state index in [0.29, 0.717) is 37.7 Å². The maximum Gasteiger partial charge on any atom is 0.351 e. The Hall–Kier alpha value is -0.890. The lowest BCUT2D eigenvalue weighted by molar-refractivity contribution is -0.0572. The monoisotopic (exact) mass is 320 g/mol. The molecule has 0 saturated carbocycles. The predicted molar refractivity (Wildman–Crippen MR) is 76.7 cm³/mol. The van der Waals surface area contributed by atoms with E-state index >= 15 is 0 Å². The smallest absolute Gasteiger partial charge is 0.351 e. The Labute approximate surface area is 126 Å². The van der Waals surface area contributed by atoms with Crippen LogP contribution in [0.3, 0.4) is 0 Å². The third-order valence-electron chi connectivity index (χ3n) is 3.23. The number of likely N-dealkylation sites (N-methyl/N-ethyl adjacent to an activating group) is 1. The van der Waals surface area contributed by atoms with Gasteiger partial charge in [-0.05, 0) is 0 Å². The number of anilines is 1. The topological polar surface area (TPSA) is 71.9 Å². The Morgan fingerprint density at radius 3 is 2.85 bits per heavy atom. The summed E-state index contributed by atoms with van der Waals surface area (Å²) in [5.74, 6) is -0.503. The molecule has 6 nitrogen and oxygen atoms in total. The third-order valence-corrected chi connectivity index (χ3v) is 4.76. The van der Waals surface area contributed by atoms with Crippen LogP contribution in [0.2, 0.25) is 5.15 Å². The molecule has 112 valence electrons. The van der Waals surface area contributed by atoms with E-state index in [1.54, 1.807) is 4.90 Å². The van der Waals surface area contributed by atoms with Crippen LogP contribution < -0.4 is 4.90 Å². The molecule has 1 aromatic heterocycles. The first-order valence-electron chi connectivity index (χ1n) is 6.21. The van der Waals surface area contributed by atoms with Crippen LogP contribution >= 0.6 is 22.9 Å². The Balaban J connectivity index is 2.09. The first-order chi connectivity index (χ1) is 9.45. The van der Waals surface area contributed by atoms with Crippen molar-refractivity contribution in [2.75, 3.05) is 38.8 Å². The minimum absolute atomic E-state index is 0.127. The summed E-state index contributed by atoms with van der Waals surface area (Å²) < 4.78 is 9.89. The lowest BCUT2D eigenvalue weighted by atomic mass is 9.94. The van der Waals surface area contributed by atoms with Crippen LogP contribution in [-0.4, -0.2) is 55.6 Å². The summed E-state index contributed by atoms with van der Waals surface area (Å²) in [6.07, 6.45) is 1.17. The van der Waals surface area contributed by atoms with E-state index in [0.717, 1.165) is 11.3 Å². The van der Waals surface area contributed by atoms with Gasteiger partial charge in [-0.3, -0.25) is 0 Å². The van der Waals surface area contributed by atoms with Crippen molar-refractivity contribution in [1.29, 1.82) is 0 Å². The van der Waals surface area contributed by atoms with Gasteiger partial charge in [0.2, 0.25) is 0 Å². The largest absolute Gasteiger partial charge is 0.465 e. The van der Waals surface area contributed by atoms with Gasteiger partial charge in [-0.2, -0.15) is 0 Å². The SMILES string of the molecule is COC(=O)c1sc(N(C)CC2(O)CCOCC2)nc1Cl. The third kappa shape index (κ3) is 3.41. The van der Waals surface area contributed by atoms with E-state index < -0.39 is 11.6 Å². The van der Waals surface area contributed by atoms with Crippen LogP contribution in [0, 0.1) is 0 Å². The van der Waals surface area contributed by atoms with Crippen LogP contribution in [0.5, 0.6) is 0 Å². The molecule has 8 heteroatoms. The highest BCUT2D eigenvalue weighted by atomic mass is 35.5. The van der Waals surface area contributed by atoms with Crippen molar-refractivity contribution in [3.63, 3.8) is 0 Å². The zero-order valence-electron chi connectivity index (χ0n) is 11.4. The Bertz CT molecular complexity index is 488. The van der Waals surface area contributed by atoms with Gasteiger partial charge in [0.25, 0.3) is 0 Å². The van der Waals surface area contributed by atoms with E-state index in [4.69, 9.17) is 16.3 Å². The van der Waals surface area contributed by atoms with Gasteiger partial charge in [-0.1, -0.05) is 22.9 Å². The second-order valence-electron chi connectivity index (χ2n) is 4.80. The normalized spacial score (nSPS) is 17.8. The maximum absolute atomic E-state index is 11.5. The average Bonchev–Trinajstić information content (AvgIpc) is 2.80. The number of hydrogen-bond acceptors (Lipinski definition) is 7. The maximum atomic E-state index is 11.5. The molecule has 1 saturated heterocycles. The standard InChI is InChI=1S/C12H17ClN2O4S/c1-15(7-12(17)3-5-19-6-4-12)11-14-9(13)8(20-11)10(16)18-2/h17H,3-7H2,1-2H3. The molecular formula is C12H17ClN2O4S. The Morgan fingerprint density at radius 1 is 1.60 bits per heavy atom. The van der Waals surface area contributed by atoms with E-state index in [2.05, 4.69) is 9.72 Å². The van der Waals surface area contributed by atoms with Gasteiger partial charge < -0.3 is 19.5 Å². The highest BCUT2D eigenvalue weighted by Gasteiger charge is 2.32. The molecule has 0 unspecified atom stereocenters. The molecule has 0 atom stereocenters. The van der Waals surface area contributed by atoms with Crippen LogP contribution in [0.1, 0.15) is 22.5 Å². The van der Waals surface area contributed by atoms with Crippen molar-refractivity contribution >= 4 is 34.0 Å². The fourth-order valence-electron chi connectivity index (χ4n) is 2.09. The molecule has 1 fully saturated rings. The van der Waals surface area contributed by atoms with Crippen LogP contribution in [0.4, 0.5) is 5.13 Å². The molecule has 1 aromatic rings. The van der Waals surface area contributed by atoms with E-state index in [1.807, 2.05) is 7.05 Å². The van der Waals surface area contributed by atoms with Crippen LogP contribution in [0.15, 0.2) is 0 Å². The molecular weight excluding hydrogens is 304 g/mol. The second kappa shape index (κ2) is 6.26. The zero-order chi connectivity index (χ0) is 14.8. The number of aromatic nitrogens is 1. The first-order valence-corrected chi connectivity index (χ1v) is 7.40. The summed E-state index contributed by atoms with van der Waals surface area (Å²) in [4.78, 5) is 17.7. The lowest BCUT2D eigenvalue weighted by Crippen LogP contribution is -2.45. The average molecular weight is 321 g/mol. The van der Waals surface area contributed by atoms with Crippen LogP contribution in [0.25, 0.3) is 0 Å². The molecule has 0 aliphatic carbocycles. The molecule has 1 aliphatic rings. The van der Waals surface area contributed by atoms with Gasteiger partial charge in [0.15, 0.2) is 15.2 Å². The van der Waals surface area contributed by atoms with E-state index in [-0.39, 0.29) is 10.0 Å². The van der Waals surface area contributed by atoms with Crippen molar-refractivity contribution in [3.05, 3.63) is 10.0 Å². The van der Waals surface area contributed by atoms with Gasteiger partial charge in [-0.15, -0.1) is 0 Å². The van der Waals surface area contributed by atoms with E-state index in [9.17, 15) is 9.90 Å². The van der Waals surface area contributed by atoms with Gasteiger partial charge in [0, 0.05) is 39.6 Å². The Morgan fingerprint density at radius 2 is 2.25 bits per heavy atom.